The van der Waals surface area contributed by atoms with Gasteiger partial charge in [-0.15, -0.1) is 0 Å². The zero-order chi connectivity index (χ0) is 10.0. The first-order valence-corrected chi connectivity index (χ1v) is 4.20. The molecule has 0 saturated carbocycles. The summed E-state index contributed by atoms with van der Waals surface area (Å²) in [5, 5.41) is 8.65. The van der Waals surface area contributed by atoms with Crippen molar-refractivity contribution >= 4 is 0 Å². The zero-order valence-corrected chi connectivity index (χ0v) is 8.03. The predicted octanol–water partition coefficient (Wildman–Crippen LogP) is 1.61. The SMILES string of the molecule is Cc1ccc(C#N)c(=O)n1C(C)C. The molecule has 0 atom stereocenters. The third kappa shape index (κ3) is 1.62. The minimum atomic E-state index is -0.197. The number of nitrogens with zero attached hydrogens (tertiary/aromatic N) is 2. The van der Waals surface area contributed by atoms with E-state index in [1.807, 2.05) is 26.8 Å². The van der Waals surface area contributed by atoms with Crippen LogP contribution in [0.25, 0.3) is 0 Å². The Labute approximate surface area is 77.2 Å². The summed E-state index contributed by atoms with van der Waals surface area (Å²) in [6.45, 7) is 5.72. The topological polar surface area (TPSA) is 45.8 Å². The van der Waals surface area contributed by atoms with E-state index in [-0.39, 0.29) is 17.2 Å². The summed E-state index contributed by atoms with van der Waals surface area (Å²) in [6.07, 6.45) is 0. The van der Waals surface area contributed by atoms with Crippen LogP contribution in [-0.2, 0) is 0 Å². The van der Waals surface area contributed by atoms with Crippen LogP contribution in [0.4, 0.5) is 0 Å². The van der Waals surface area contributed by atoms with E-state index in [4.69, 9.17) is 5.26 Å². The van der Waals surface area contributed by atoms with Gasteiger partial charge in [-0.05, 0) is 32.9 Å². The second kappa shape index (κ2) is 3.44. The van der Waals surface area contributed by atoms with E-state index in [2.05, 4.69) is 0 Å². The van der Waals surface area contributed by atoms with Crippen LogP contribution in [0.15, 0.2) is 16.9 Å². The van der Waals surface area contributed by atoms with Gasteiger partial charge in [-0.3, -0.25) is 4.79 Å². The summed E-state index contributed by atoms with van der Waals surface area (Å²) in [7, 11) is 0. The molecule has 0 bridgehead atoms. The normalized spacial score (nSPS) is 10.1. The molecule has 3 heteroatoms. The lowest BCUT2D eigenvalue weighted by atomic mass is 10.2. The van der Waals surface area contributed by atoms with Crippen LogP contribution in [0, 0.1) is 18.3 Å². The molecule has 0 N–H and O–H groups in total. The number of aromatic nitrogens is 1. The van der Waals surface area contributed by atoms with Gasteiger partial charge in [0.05, 0.1) is 0 Å². The molecule has 0 radical (unpaired) electrons. The number of hydrogen-bond acceptors (Lipinski definition) is 2. The highest BCUT2D eigenvalue weighted by molar-refractivity contribution is 5.27. The van der Waals surface area contributed by atoms with Crippen molar-refractivity contribution in [2.75, 3.05) is 0 Å². The minimum Gasteiger partial charge on any atom is -0.309 e. The molecule has 68 valence electrons. The van der Waals surface area contributed by atoms with Crippen molar-refractivity contribution < 1.29 is 0 Å². The molecule has 1 heterocycles. The first kappa shape index (κ1) is 9.53. The van der Waals surface area contributed by atoms with Crippen LogP contribution in [-0.4, -0.2) is 4.57 Å². The molecule has 0 aliphatic rings. The van der Waals surface area contributed by atoms with Crippen LogP contribution >= 0.6 is 0 Å². The molecule has 0 spiro atoms. The van der Waals surface area contributed by atoms with Crippen LogP contribution in [0.1, 0.15) is 31.1 Å². The van der Waals surface area contributed by atoms with Gasteiger partial charge in [-0.1, -0.05) is 0 Å². The van der Waals surface area contributed by atoms with Gasteiger partial charge in [0.2, 0.25) is 0 Å². The van der Waals surface area contributed by atoms with Crippen molar-refractivity contribution in [2.24, 2.45) is 0 Å². The summed E-state index contributed by atoms with van der Waals surface area (Å²) in [4.78, 5) is 11.6. The largest absolute Gasteiger partial charge is 0.309 e. The monoisotopic (exact) mass is 176 g/mol. The van der Waals surface area contributed by atoms with Crippen LogP contribution in [0.3, 0.4) is 0 Å². The molecule has 0 aromatic carbocycles. The lowest BCUT2D eigenvalue weighted by molar-refractivity contribution is 0.561. The summed E-state index contributed by atoms with van der Waals surface area (Å²) < 4.78 is 1.62. The Morgan fingerprint density at radius 1 is 1.46 bits per heavy atom. The van der Waals surface area contributed by atoms with Gasteiger partial charge in [-0.25, -0.2) is 0 Å². The maximum atomic E-state index is 11.6. The van der Waals surface area contributed by atoms with E-state index < -0.39 is 0 Å². The maximum absolute atomic E-state index is 11.6. The smallest absolute Gasteiger partial charge is 0.268 e. The number of hydrogen-bond donors (Lipinski definition) is 0. The summed E-state index contributed by atoms with van der Waals surface area (Å²) in [6, 6.07) is 5.34. The third-order valence-electron chi connectivity index (χ3n) is 1.96. The molecule has 0 aliphatic carbocycles. The van der Waals surface area contributed by atoms with E-state index in [1.54, 1.807) is 16.7 Å². The van der Waals surface area contributed by atoms with Gasteiger partial charge in [0.15, 0.2) is 0 Å². The molecule has 0 fully saturated rings. The average Bonchev–Trinajstić information content (AvgIpc) is 2.04. The lowest BCUT2D eigenvalue weighted by Crippen LogP contribution is -2.25. The fourth-order valence-corrected chi connectivity index (χ4v) is 1.37. The summed E-state index contributed by atoms with van der Waals surface area (Å²) >= 11 is 0. The second-order valence-corrected chi connectivity index (χ2v) is 3.27. The Morgan fingerprint density at radius 3 is 2.54 bits per heavy atom. The van der Waals surface area contributed by atoms with Crippen molar-refractivity contribution in [1.82, 2.24) is 4.57 Å². The molecule has 3 nitrogen and oxygen atoms in total. The third-order valence-corrected chi connectivity index (χ3v) is 1.96. The number of pyridine rings is 1. The Morgan fingerprint density at radius 2 is 2.08 bits per heavy atom. The van der Waals surface area contributed by atoms with Crippen LogP contribution in [0.2, 0.25) is 0 Å². The Kier molecular flexibility index (Phi) is 2.52. The Bertz CT molecular complexity index is 410. The van der Waals surface area contributed by atoms with Crippen molar-refractivity contribution in [3.8, 4) is 6.07 Å². The van der Waals surface area contributed by atoms with Gasteiger partial charge < -0.3 is 4.57 Å². The average molecular weight is 176 g/mol. The van der Waals surface area contributed by atoms with E-state index >= 15 is 0 Å². The number of aryl methyl sites for hydroxylation is 1. The molecule has 0 saturated heterocycles. The van der Waals surface area contributed by atoms with Crippen molar-refractivity contribution in [2.45, 2.75) is 26.8 Å². The first-order valence-electron chi connectivity index (χ1n) is 4.20. The Balaban J connectivity index is 3.51. The van der Waals surface area contributed by atoms with Crippen molar-refractivity contribution in [3.05, 3.63) is 33.7 Å². The highest BCUT2D eigenvalue weighted by atomic mass is 16.1. The lowest BCUT2D eigenvalue weighted by Gasteiger charge is -2.13. The molecular weight excluding hydrogens is 164 g/mol. The van der Waals surface area contributed by atoms with Gasteiger partial charge in [0.25, 0.3) is 5.56 Å². The second-order valence-electron chi connectivity index (χ2n) is 3.27. The molecule has 0 aliphatic heterocycles. The first-order chi connectivity index (χ1) is 6.07. The van der Waals surface area contributed by atoms with Crippen LogP contribution < -0.4 is 5.56 Å². The van der Waals surface area contributed by atoms with Crippen molar-refractivity contribution in [1.29, 1.82) is 5.26 Å². The number of nitriles is 1. The highest BCUT2D eigenvalue weighted by Gasteiger charge is 2.07. The molecule has 0 amide bonds. The molecule has 1 aromatic rings. The van der Waals surface area contributed by atoms with Gasteiger partial charge >= 0.3 is 0 Å². The van der Waals surface area contributed by atoms with Gasteiger partial charge in [0, 0.05) is 11.7 Å². The zero-order valence-electron chi connectivity index (χ0n) is 8.03. The number of rotatable bonds is 1. The van der Waals surface area contributed by atoms with Gasteiger partial charge in [-0.2, -0.15) is 5.26 Å². The fourth-order valence-electron chi connectivity index (χ4n) is 1.37. The Hall–Kier alpha value is -1.56. The molecule has 0 unspecified atom stereocenters. The summed E-state index contributed by atoms with van der Waals surface area (Å²) in [5.74, 6) is 0. The van der Waals surface area contributed by atoms with Gasteiger partial charge in [0.1, 0.15) is 11.6 Å². The van der Waals surface area contributed by atoms with E-state index in [0.717, 1.165) is 5.69 Å². The van der Waals surface area contributed by atoms with E-state index in [1.165, 1.54) is 0 Å². The fraction of sp³-hybridized carbons (Fsp3) is 0.400. The molecule has 1 aromatic heterocycles. The van der Waals surface area contributed by atoms with E-state index in [9.17, 15) is 4.79 Å². The standard InChI is InChI=1S/C10H12N2O/c1-7(2)12-8(3)4-5-9(6-11)10(12)13/h4-5,7H,1-3H3. The highest BCUT2D eigenvalue weighted by Crippen LogP contribution is 2.05. The predicted molar refractivity (Wildman–Crippen MR) is 50.5 cm³/mol. The maximum Gasteiger partial charge on any atom is 0.268 e. The van der Waals surface area contributed by atoms with Crippen LogP contribution in [0.5, 0.6) is 0 Å². The summed E-state index contributed by atoms with van der Waals surface area (Å²) in [5.41, 5.74) is 0.899. The molecule has 13 heavy (non-hydrogen) atoms. The van der Waals surface area contributed by atoms with Crippen molar-refractivity contribution in [3.63, 3.8) is 0 Å². The minimum absolute atomic E-state index is 0.0980. The van der Waals surface area contributed by atoms with E-state index in [0.29, 0.717) is 0 Å². The quantitative estimate of drug-likeness (QED) is 0.652. The molecular formula is C10H12N2O. The molecule has 1 rings (SSSR count).